The Morgan fingerprint density at radius 2 is 0.931 bits per heavy atom. The standard InChI is InChI=1S/C27H49N.H2O/c1-26-22-19-20-24-27(26)23-18-16-14-12-10-8-6-4-5-7-9-11-13-15-17-21-25-28(2)3;/h19-20,22,24H,4-18,21,23,25H2,1-3H3;1H2. The molecule has 0 aromatic heterocycles. The molecular weight excluding hydrogens is 354 g/mol. The second-order valence-corrected chi connectivity index (χ2v) is 9.14. The Kier molecular flexibility index (Phi) is 19.8. The van der Waals surface area contributed by atoms with Gasteiger partial charge in [-0.1, -0.05) is 114 Å². The molecule has 2 N–H and O–H groups in total. The molecule has 0 saturated carbocycles. The quantitative estimate of drug-likeness (QED) is 0.219. The molecule has 0 heterocycles. The lowest BCUT2D eigenvalue weighted by Crippen LogP contribution is -2.12. The van der Waals surface area contributed by atoms with Gasteiger partial charge >= 0.3 is 0 Å². The van der Waals surface area contributed by atoms with Crippen LogP contribution < -0.4 is 0 Å². The van der Waals surface area contributed by atoms with Crippen LogP contribution in [-0.2, 0) is 6.42 Å². The van der Waals surface area contributed by atoms with E-state index in [4.69, 9.17) is 0 Å². The molecule has 0 aliphatic rings. The smallest absolute Gasteiger partial charge is 0.00248 e. The summed E-state index contributed by atoms with van der Waals surface area (Å²) < 4.78 is 0. The van der Waals surface area contributed by atoms with Crippen LogP contribution in [0.2, 0.25) is 0 Å². The van der Waals surface area contributed by atoms with Crippen molar-refractivity contribution in [1.29, 1.82) is 0 Å². The third-order valence-corrected chi connectivity index (χ3v) is 6.06. The highest BCUT2D eigenvalue weighted by Gasteiger charge is 1.98. The van der Waals surface area contributed by atoms with Crippen LogP contribution in [0, 0.1) is 6.92 Å². The van der Waals surface area contributed by atoms with E-state index in [0.717, 1.165) is 0 Å². The maximum Gasteiger partial charge on any atom is -0.00248 e. The molecule has 0 aliphatic heterocycles. The number of hydrogen-bond donors (Lipinski definition) is 0. The van der Waals surface area contributed by atoms with E-state index in [1.165, 1.54) is 121 Å². The van der Waals surface area contributed by atoms with Crippen molar-refractivity contribution in [2.75, 3.05) is 20.6 Å². The zero-order valence-corrected chi connectivity index (χ0v) is 20.0. The SMILES string of the molecule is Cc1ccccc1CCCCCCCCCCCCCCCCCCN(C)C.O. The highest BCUT2D eigenvalue weighted by molar-refractivity contribution is 5.25. The van der Waals surface area contributed by atoms with E-state index in [1.54, 1.807) is 5.56 Å². The van der Waals surface area contributed by atoms with Crippen LogP contribution in [-0.4, -0.2) is 31.0 Å². The molecule has 2 heteroatoms. The maximum atomic E-state index is 2.30. The van der Waals surface area contributed by atoms with Gasteiger partial charge in [0, 0.05) is 0 Å². The molecule has 0 saturated heterocycles. The minimum Gasteiger partial charge on any atom is -0.412 e. The van der Waals surface area contributed by atoms with Crippen molar-refractivity contribution in [3.05, 3.63) is 35.4 Å². The fourth-order valence-corrected chi connectivity index (χ4v) is 4.11. The van der Waals surface area contributed by atoms with E-state index >= 15 is 0 Å². The summed E-state index contributed by atoms with van der Waals surface area (Å²) in [6, 6.07) is 8.86. The summed E-state index contributed by atoms with van der Waals surface area (Å²) in [6.45, 7) is 3.50. The van der Waals surface area contributed by atoms with Crippen LogP contribution in [0.1, 0.15) is 114 Å². The van der Waals surface area contributed by atoms with Crippen LogP contribution >= 0.6 is 0 Å². The highest BCUT2D eigenvalue weighted by atomic mass is 16.0. The summed E-state index contributed by atoms with van der Waals surface area (Å²) in [5.41, 5.74) is 3.01. The molecule has 1 rings (SSSR count). The Labute approximate surface area is 182 Å². The molecule has 170 valence electrons. The summed E-state index contributed by atoms with van der Waals surface area (Å²) in [4.78, 5) is 2.30. The normalized spacial score (nSPS) is 11.0. The first-order valence-corrected chi connectivity index (χ1v) is 12.4. The minimum absolute atomic E-state index is 0. The van der Waals surface area contributed by atoms with E-state index in [9.17, 15) is 0 Å². The van der Waals surface area contributed by atoms with Gasteiger partial charge < -0.3 is 10.4 Å². The predicted molar refractivity (Wildman–Crippen MR) is 131 cm³/mol. The molecule has 2 nitrogen and oxygen atoms in total. The van der Waals surface area contributed by atoms with Gasteiger partial charge in [0.2, 0.25) is 0 Å². The summed E-state index contributed by atoms with van der Waals surface area (Å²) >= 11 is 0. The lowest BCUT2D eigenvalue weighted by Gasteiger charge is -2.08. The Balaban J connectivity index is 0.00000784. The van der Waals surface area contributed by atoms with Gasteiger partial charge in [0.25, 0.3) is 0 Å². The van der Waals surface area contributed by atoms with E-state index in [-0.39, 0.29) is 5.48 Å². The Bertz CT molecular complexity index is 458. The van der Waals surface area contributed by atoms with Crippen molar-refractivity contribution in [2.45, 2.75) is 116 Å². The average Bonchev–Trinajstić information content (AvgIpc) is 2.68. The van der Waals surface area contributed by atoms with Crippen LogP contribution in [0.4, 0.5) is 0 Å². The second-order valence-electron chi connectivity index (χ2n) is 9.14. The van der Waals surface area contributed by atoms with E-state index in [0.29, 0.717) is 0 Å². The predicted octanol–water partition coefficient (Wildman–Crippen LogP) is 7.52. The highest BCUT2D eigenvalue weighted by Crippen LogP contribution is 2.15. The van der Waals surface area contributed by atoms with Crippen molar-refractivity contribution in [3.63, 3.8) is 0 Å². The fourth-order valence-electron chi connectivity index (χ4n) is 4.11. The first kappa shape index (κ1) is 28.1. The maximum absolute atomic E-state index is 2.30. The first-order chi connectivity index (χ1) is 13.7. The third-order valence-electron chi connectivity index (χ3n) is 6.06. The van der Waals surface area contributed by atoms with Crippen LogP contribution in [0.25, 0.3) is 0 Å². The molecule has 0 bridgehead atoms. The van der Waals surface area contributed by atoms with Crippen molar-refractivity contribution < 1.29 is 5.48 Å². The molecule has 0 atom stereocenters. The van der Waals surface area contributed by atoms with Gasteiger partial charge in [0.1, 0.15) is 0 Å². The first-order valence-electron chi connectivity index (χ1n) is 12.4. The molecule has 0 amide bonds. The molecule has 0 radical (unpaired) electrons. The monoisotopic (exact) mass is 405 g/mol. The molecule has 0 fully saturated rings. The lowest BCUT2D eigenvalue weighted by molar-refractivity contribution is 0.389. The zero-order chi connectivity index (χ0) is 20.3. The average molecular weight is 406 g/mol. The zero-order valence-electron chi connectivity index (χ0n) is 20.0. The third kappa shape index (κ3) is 17.7. The molecule has 29 heavy (non-hydrogen) atoms. The van der Waals surface area contributed by atoms with Crippen molar-refractivity contribution in [3.8, 4) is 0 Å². The number of rotatable bonds is 19. The van der Waals surface area contributed by atoms with Gasteiger partial charge in [0.15, 0.2) is 0 Å². The van der Waals surface area contributed by atoms with E-state index in [2.05, 4.69) is 50.2 Å². The molecule has 0 spiro atoms. The van der Waals surface area contributed by atoms with Crippen LogP contribution in [0.15, 0.2) is 24.3 Å². The molecule has 0 unspecified atom stereocenters. The van der Waals surface area contributed by atoms with E-state index < -0.39 is 0 Å². The van der Waals surface area contributed by atoms with Crippen LogP contribution in [0.5, 0.6) is 0 Å². The Morgan fingerprint density at radius 1 is 0.552 bits per heavy atom. The Hall–Kier alpha value is -0.860. The van der Waals surface area contributed by atoms with Gasteiger partial charge in [0.05, 0.1) is 0 Å². The number of unbranched alkanes of at least 4 members (excludes halogenated alkanes) is 15. The Morgan fingerprint density at radius 3 is 1.34 bits per heavy atom. The number of nitrogens with zero attached hydrogens (tertiary/aromatic N) is 1. The van der Waals surface area contributed by atoms with Crippen molar-refractivity contribution in [2.24, 2.45) is 0 Å². The van der Waals surface area contributed by atoms with Gasteiger partial charge in [-0.3, -0.25) is 0 Å². The van der Waals surface area contributed by atoms with Gasteiger partial charge in [-0.2, -0.15) is 0 Å². The van der Waals surface area contributed by atoms with Gasteiger partial charge in [-0.25, -0.2) is 0 Å². The lowest BCUT2D eigenvalue weighted by atomic mass is 10.0. The number of benzene rings is 1. The molecular formula is C27H51NO. The number of aryl methyl sites for hydroxylation is 2. The van der Waals surface area contributed by atoms with Gasteiger partial charge in [-0.05, 0) is 58.0 Å². The summed E-state index contributed by atoms with van der Waals surface area (Å²) in [6.07, 6.45) is 24.3. The molecule has 1 aromatic carbocycles. The van der Waals surface area contributed by atoms with Crippen molar-refractivity contribution >= 4 is 0 Å². The number of hydrogen-bond acceptors (Lipinski definition) is 1. The fraction of sp³-hybridized carbons (Fsp3) is 0.778. The van der Waals surface area contributed by atoms with E-state index in [1.807, 2.05) is 0 Å². The molecule has 1 aromatic rings. The molecule has 0 aliphatic carbocycles. The van der Waals surface area contributed by atoms with Crippen molar-refractivity contribution in [1.82, 2.24) is 4.90 Å². The summed E-state index contributed by atoms with van der Waals surface area (Å²) in [5.74, 6) is 0. The minimum atomic E-state index is 0. The summed E-state index contributed by atoms with van der Waals surface area (Å²) in [7, 11) is 4.35. The summed E-state index contributed by atoms with van der Waals surface area (Å²) in [5, 5.41) is 0. The topological polar surface area (TPSA) is 34.7 Å². The van der Waals surface area contributed by atoms with Gasteiger partial charge in [-0.15, -0.1) is 0 Å². The second kappa shape index (κ2) is 20.4. The largest absolute Gasteiger partial charge is 0.412 e. The van der Waals surface area contributed by atoms with Crippen LogP contribution in [0.3, 0.4) is 0 Å².